The highest BCUT2D eigenvalue weighted by molar-refractivity contribution is 8.09. The van der Waals surface area contributed by atoms with Gasteiger partial charge in [-0.3, -0.25) is 4.18 Å². The van der Waals surface area contributed by atoms with E-state index in [-0.39, 0.29) is 0 Å². The number of rotatable bonds is 4. The average Bonchev–Trinajstić information content (AvgIpc) is 1.48. The largest absolute Gasteiger partial charge is 0.412 e. The molecule has 74 valence electrons. The van der Waals surface area contributed by atoms with Crippen LogP contribution in [0.15, 0.2) is 0 Å². The summed E-state index contributed by atoms with van der Waals surface area (Å²) in [5.74, 6) is 0. The fourth-order valence-corrected chi connectivity index (χ4v) is 2.38. The van der Waals surface area contributed by atoms with Gasteiger partial charge in [0.1, 0.15) is 0 Å². The minimum atomic E-state index is -4.30. The first kappa shape index (κ1) is 11.8. The van der Waals surface area contributed by atoms with Gasteiger partial charge in [-0.2, -0.15) is 0 Å². The van der Waals surface area contributed by atoms with E-state index in [0.29, 0.717) is 6.26 Å². The second-order valence-corrected chi connectivity index (χ2v) is 5.49. The summed E-state index contributed by atoms with van der Waals surface area (Å²) in [5.41, 5.74) is 0. The average molecular weight is 216 g/mol. The van der Waals surface area contributed by atoms with Crippen molar-refractivity contribution in [3.05, 3.63) is 4.13 Å². The number of hydrogen-bond donors (Lipinski definition) is 0. The van der Waals surface area contributed by atoms with Crippen LogP contribution in [-0.2, 0) is 24.5 Å². The molecule has 0 unspecified atom stereocenters. The van der Waals surface area contributed by atoms with Gasteiger partial charge >= 0.3 is 0 Å². The monoisotopic (exact) mass is 216 g/mol. The lowest BCUT2D eigenvalue weighted by Gasteiger charge is -2.18. The van der Waals surface area contributed by atoms with E-state index >= 15 is 0 Å². The lowest BCUT2D eigenvalue weighted by Crippen LogP contribution is -2.13. The van der Waals surface area contributed by atoms with Gasteiger partial charge < -0.3 is 4.13 Å². The molecular formula is C4H10NO5S2-. The molecule has 0 spiro atoms. The Bertz CT molecular complexity index is 326. The van der Waals surface area contributed by atoms with E-state index in [4.69, 9.17) is 0 Å². The minimum Gasteiger partial charge on any atom is -0.412 e. The Morgan fingerprint density at radius 1 is 1.17 bits per heavy atom. The van der Waals surface area contributed by atoms with Crippen molar-refractivity contribution >= 4 is 20.3 Å². The van der Waals surface area contributed by atoms with E-state index < -0.39 is 26.4 Å². The third-order valence-electron chi connectivity index (χ3n) is 0.541. The van der Waals surface area contributed by atoms with Crippen LogP contribution in [0.5, 0.6) is 0 Å². The molecule has 0 radical (unpaired) electrons. The van der Waals surface area contributed by atoms with Crippen LogP contribution in [0.1, 0.15) is 13.8 Å². The highest BCUT2D eigenvalue weighted by Gasteiger charge is 2.06. The molecule has 0 bridgehead atoms. The van der Waals surface area contributed by atoms with Crippen LogP contribution in [0.4, 0.5) is 0 Å². The summed E-state index contributed by atoms with van der Waals surface area (Å²) in [7, 11) is -8.22. The predicted molar refractivity (Wildman–Crippen MR) is 43.3 cm³/mol. The van der Waals surface area contributed by atoms with Crippen molar-refractivity contribution in [3.8, 4) is 0 Å². The van der Waals surface area contributed by atoms with Gasteiger partial charge in [0.2, 0.25) is 10.3 Å². The molecule has 0 aliphatic carbocycles. The second-order valence-electron chi connectivity index (χ2n) is 2.38. The lowest BCUT2D eigenvalue weighted by molar-refractivity contribution is 0.253. The van der Waals surface area contributed by atoms with E-state index in [0.717, 1.165) is 0 Å². The van der Waals surface area contributed by atoms with Crippen LogP contribution >= 0.6 is 0 Å². The molecule has 8 heteroatoms. The molecule has 0 amide bonds. The van der Waals surface area contributed by atoms with Crippen LogP contribution in [-0.4, -0.2) is 29.2 Å². The van der Waals surface area contributed by atoms with E-state index in [1.807, 2.05) is 0 Å². The smallest absolute Gasteiger partial charge is 0.202 e. The van der Waals surface area contributed by atoms with Crippen LogP contribution in [0, 0.1) is 0 Å². The first-order valence-electron chi connectivity index (χ1n) is 3.00. The quantitative estimate of drug-likeness (QED) is 0.659. The lowest BCUT2D eigenvalue weighted by atomic mass is 10.5. The van der Waals surface area contributed by atoms with Crippen molar-refractivity contribution in [1.29, 1.82) is 0 Å². The number of sulfonamides is 1. The van der Waals surface area contributed by atoms with Crippen molar-refractivity contribution in [2.75, 3.05) is 6.26 Å². The summed E-state index contributed by atoms with van der Waals surface area (Å²) in [5, 5.41) is 0. The van der Waals surface area contributed by atoms with E-state index in [1.165, 1.54) is 13.8 Å². The van der Waals surface area contributed by atoms with Gasteiger partial charge in [-0.1, -0.05) is 0 Å². The van der Waals surface area contributed by atoms with Crippen LogP contribution in [0.25, 0.3) is 4.13 Å². The molecule has 0 aliphatic rings. The summed E-state index contributed by atoms with van der Waals surface area (Å²) in [4.78, 5) is 0. The van der Waals surface area contributed by atoms with Gasteiger partial charge in [-0.15, -0.1) is 0 Å². The molecule has 0 atom stereocenters. The van der Waals surface area contributed by atoms with Gasteiger partial charge in [0, 0.05) is 6.26 Å². The van der Waals surface area contributed by atoms with Gasteiger partial charge in [-0.25, -0.2) is 16.8 Å². The SMILES string of the molecule is CC(C)OS(=O)(=O)[N-]S(C)(=O)=O. The topological polar surface area (TPSA) is 91.6 Å². The third-order valence-corrected chi connectivity index (χ3v) is 2.98. The molecule has 0 N–H and O–H groups in total. The Morgan fingerprint density at radius 3 is 1.83 bits per heavy atom. The summed E-state index contributed by atoms with van der Waals surface area (Å²) < 4.78 is 48.9. The highest BCUT2D eigenvalue weighted by atomic mass is 32.3. The number of nitrogens with zero attached hydrogens (tertiary/aromatic N) is 1. The fraction of sp³-hybridized carbons (Fsp3) is 1.00. The fourth-order valence-electron chi connectivity index (χ4n) is 0.427. The van der Waals surface area contributed by atoms with Gasteiger partial charge in [0.15, 0.2) is 0 Å². The molecule has 0 heterocycles. The molecule has 0 aliphatic heterocycles. The minimum absolute atomic E-state index is 0.625. The summed E-state index contributed by atoms with van der Waals surface area (Å²) in [6.07, 6.45) is 0.0503. The Morgan fingerprint density at radius 2 is 1.58 bits per heavy atom. The van der Waals surface area contributed by atoms with Crippen LogP contribution in [0.3, 0.4) is 0 Å². The standard InChI is InChI=1S/C4H10NO5S2/c1-4(2)10-12(8,9)5-11(3,6)7/h4H,1-3H3/q-1. The predicted octanol–water partition coefficient (Wildman–Crippen LogP) is -0.0105. The van der Waals surface area contributed by atoms with Crippen molar-refractivity contribution < 1.29 is 21.0 Å². The van der Waals surface area contributed by atoms with Gasteiger partial charge in [0.05, 0.1) is 16.1 Å². The van der Waals surface area contributed by atoms with Gasteiger partial charge in [0.25, 0.3) is 0 Å². The van der Waals surface area contributed by atoms with E-state index in [2.05, 4.69) is 8.31 Å². The normalized spacial score (nSPS) is 13.7. The first-order chi connectivity index (χ1) is 5.12. The van der Waals surface area contributed by atoms with Crippen LogP contribution in [0.2, 0.25) is 0 Å². The maximum Gasteiger partial charge on any atom is 0.202 e. The van der Waals surface area contributed by atoms with Crippen molar-refractivity contribution in [2.45, 2.75) is 20.0 Å². The molecular weight excluding hydrogens is 206 g/mol. The Hall–Kier alpha value is -0.180. The molecule has 0 rings (SSSR count). The molecule has 12 heavy (non-hydrogen) atoms. The molecule has 6 nitrogen and oxygen atoms in total. The van der Waals surface area contributed by atoms with Crippen molar-refractivity contribution in [1.82, 2.24) is 0 Å². The molecule has 0 aromatic rings. The van der Waals surface area contributed by atoms with Gasteiger partial charge in [-0.05, 0) is 13.8 Å². The van der Waals surface area contributed by atoms with E-state index in [1.54, 1.807) is 0 Å². The molecule has 0 aromatic heterocycles. The highest BCUT2D eigenvalue weighted by Crippen LogP contribution is 2.11. The third kappa shape index (κ3) is 6.53. The zero-order chi connectivity index (χ0) is 9.99. The molecule has 0 saturated carbocycles. The zero-order valence-electron chi connectivity index (χ0n) is 6.88. The Kier molecular flexibility index (Phi) is 3.63. The summed E-state index contributed by atoms with van der Waals surface area (Å²) in [6, 6.07) is 0. The van der Waals surface area contributed by atoms with Crippen molar-refractivity contribution in [2.24, 2.45) is 0 Å². The summed E-state index contributed by atoms with van der Waals surface area (Å²) >= 11 is 0. The number of hydrogen-bond acceptors (Lipinski definition) is 5. The maximum absolute atomic E-state index is 10.7. The molecule has 0 fully saturated rings. The molecule has 0 saturated heterocycles. The Labute approximate surface area is 72.2 Å². The van der Waals surface area contributed by atoms with Crippen molar-refractivity contribution in [3.63, 3.8) is 0 Å². The maximum atomic E-state index is 10.7. The first-order valence-corrected chi connectivity index (χ1v) is 6.21. The summed E-state index contributed by atoms with van der Waals surface area (Å²) in [6.45, 7) is 2.91. The second kappa shape index (κ2) is 3.69. The Balaban J connectivity index is 4.47. The van der Waals surface area contributed by atoms with E-state index in [9.17, 15) is 16.8 Å². The zero-order valence-corrected chi connectivity index (χ0v) is 8.52. The molecule has 0 aromatic carbocycles. The van der Waals surface area contributed by atoms with Crippen LogP contribution < -0.4 is 0 Å².